The molecule has 0 amide bonds. The molecule has 7 heteroatoms. The zero-order chi connectivity index (χ0) is 15.8. The van der Waals surface area contributed by atoms with Crippen molar-refractivity contribution in [2.24, 2.45) is 0 Å². The average Bonchev–Trinajstić information content (AvgIpc) is 2.37. The molecule has 2 aromatic carbocycles. The zero-order valence-electron chi connectivity index (χ0n) is 10.3. The van der Waals surface area contributed by atoms with Gasteiger partial charge in [0.25, 0.3) is 0 Å². The van der Waals surface area contributed by atoms with Crippen LogP contribution >= 0.6 is 15.9 Å². The Morgan fingerprint density at radius 1 is 0.952 bits per heavy atom. The third-order valence-electron chi connectivity index (χ3n) is 2.89. The normalized spacial score (nSPS) is 13.3. The van der Waals surface area contributed by atoms with Crippen molar-refractivity contribution >= 4 is 15.9 Å². The molecule has 2 aromatic rings. The largest absolute Gasteiger partial charge is 0.419 e. The Morgan fingerprint density at radius 3 is 2.05 bits per heavy atom. The van der Waals surface area contributed by atoms with E-state index in [2.05, 4.69) is 15.9 Å². The fraction of sp³-hybridized carbons (Fsp3) is 0.143. The highest BCUT2D eigenvalue weighted by molar-refractivity contribution is 9.10. The minimum atomic E-state index is -4.87. The summed E-state index contributed by atoms with van der Waals surface area (Å²) in [5.41, 5.74) is -1.94. The number of hydrogen-bond donors (Lipinski definition) is 1. The molecule has 0 aliphatic rings. The van der Waals surface area contributed by atoms with Crippen LogP contribution in [-0.4, -0.2) is 5.11 Å². The maximum absolute atomic E-state index is 14.1. The van der Waals surface area contributed by atoms with Crippen LogP contribution in [0, 0.1) is 11.6 Å². The molecule has 21 heavy (non-hydrogen) atoms. The summed E-state index contributed by atoms with van der Waals surface area (Å²) in [7, 11) is 0. The Labute approximate surface area is 125 Å². The van der Waals surface area contributed by atoms with E-state index in [1.165, 1.54) is 12.1 Å². The van der Waals surface area contributed by atoms with Crippen LogP contribution in [0.2, 0.25) is 0 Å². The summed E-state index contributed by atoms with van der Waals surface area (Å²) in [5.74, 6) is -2.14. The van der Waals surface area contributed by atoms with Crippen LogP contribution in [0.3, 0.4) is 0 Å². The number of benzene rings is 2. The standard InChI is InChI=1S/C14H8BrF5O/c15-10-6-5-9(14(18,19)20)12(17)11(10)13(21)7-1-3-8(16)4-2-7/h1-6,13,21H. The number of halogens is 6. The number of aliphatic hydroxyl groups is 1. The summed E-state index contributed by atoms with van der Waals surface area (Å²) < 4.78 is 64.9. The van der Waals surface area contributed by atoms with Gasteiger partial charge in [0, 0.05) is 10.0 Å². The molecule has 2 rings (SSSR count). The second-order valence-corrected chi connectivity index (χ2v) is 5.13. The van der Waals surface area contributed by atoms with Gasteiger partial charge in [0.15, 0.2) is 0 Å². The summed E-state index contributed by atoms with van der Waals surface area (Å²) in [6.45, 7) is 0. The molecule has 0 saturated carbocycles. The number of hydrogen-bond acceptors (Lipinski definition) is 1. The summed E-state index contributed by atoms with van der Waals surface area (Å²) in [5, 5.41) is 10.1. The second kappa shape index (κ2) is 5.73. The SMILES string of the molecule is OC(c1ccc(F)cc1)c1c(Br)ccc(C(F)(F)F)c1F. The van der Waals surface area contributed by atoms with Gasteiger partial charge in [0.1, 0.15) is 17.7 Å². The van der Waals surface area contributed by atoms with Gasteiger partial charge in [-0.25, -0.2) is 8.78 Å². The maximum Gasteiger partial charge on any atom is 0.419 e. The molecule has 0 bridgehead atoms. The fourth-order valence-electron chi connectivity index (χ4n) is 1.85. The van der Waals surface area contributed by atoms with Crippen LogP contribution in [-0.2, 0) is 6.18 Å². The molecule has 0 fully saturated rings. The van der Waals surface area contributed by atoms with Gasteiger partial charge < -0.3 is 5.11 Å². The van der Waals surface area contributed by atoms with Crippen LogP contribution < -0.4 is 0 Å². The van der Waals surface area contributed by atoms with Crippen LogP contribution in [0.25, 0.3) is 0 Å². The van der Waals surface area contributed by atoms with E-state index in [1.54, 1.807) is 0 Å². The zero-order valence-corrected chi connectivity index (χ0v) is 11.8. The number of rotatable bonds is 2. The van der Waals surface area contributed by atoms with Crippen LogP contribution in [0.1, 0.15) is 22.8 Å². The molecule has 0 saturated heterocycles. The fourth-order valence-corrected chi connectivity index (χ4v) is 2.37. The lowest BCUT2D eigenvalue weighted by atomic mass is 9.98. The Kier molecular flexibility index (Phi) is 4.34. The molecule has 1 N–H and O–H groups in total. The first kappa shape index (κ1) is 15.9. The second-order valence-electron chi connectivity index (χ2n) is 4.27. The molecule has 0 radical (unpaired) electrons. The number of alkyl halides is 3. The predicted octanol–water partition coefficient (Wildman–Crippen LogP) is 4.83. The summed E-state index contributed by atoms with van der Waals surface area (Å²) in [6, 6.07) is 5.99. The minimum Gasteiger partial charge on any atom is -0.384 e. The van der Waals surface area contributed by atoms with Crippen molar-refractivity contribution in [3.8, 4) is 0 Å². The van der Waals surface area contributed by atoms with Crippen molar-refractivity contribution in [1.82, 2.24) is 0 Å². The third-order valence-corrected chi connectivity index (χ3v) is 3.58. The highest BCUT2D eigenvalue weighted by Gasteiger charge is 2.36. The molecular formula is C14H8BrF5O. The molecule has 0 aromatic heterocycles. The maximum atomic E-state index is 14.1. The average molecular weight is 367 g/mol. The van der Waals surface area contributed by atoms with Crippen molar-refractivity contribution in [3.05, 3.63) is 69.2 Å². The Bertz CT molecular complexity index is 652. The first-order chi connectivity index (χ1) is 9.71. The molecule has 1 atom stereocenters. The lowest BCUT2D eigenvalue weighted by Gasteiger charge is -2.17. The first-order valence-electron chi connectivity index (χ1n) is 5.70. The smallest absolute Gasteiger partial charge is 0.384 e. The van der Waals surface area contributed by atoms with Gasteiger partial charge >= 0.3 is 6.18 Å². The topological polar surface area (TPSA) is 20.2 Å². The van der Waals surface area contributed by atoms with Gasteiger partial charge in [0.05, 0.1) is 5.56 Å². The van der Waals surface area contributed by atoms with E-state index in [0.717, 1.165) is 18.2 Å². The number of aliphatic hydroxyl groups excluding tert-OH is 1. The molecule has 1 unspecified atom stereocenters. The monoisotopic (exact) mass is 366 g/mol. The van der Waals surface area contributed by atoms with E-state index in [9.17, 15) is 27.1 Å². The first-order valence-corrected chi connectivity index (χ1v) is 6.49. The van der Waals surface area contributed by atoms with E-state index in [4.69, 9.17) is 0 Å². The highest BCUT2D eigenvalue weighted by Crippen LogP contribution is 2.38. The van der Waals surface area contributed by atoms with Crippen molar-refractivity contribution in [2.75, 3.05) is 0 Å². The quantitative estimate of drug-likeness (QED) is 0.755. The van der Waals surface area contributed by atoms with Crippen LogP contribution in [0.5, 0.6) is 0 Å². The van der Waals surface area contributed by atoms with E-state index >= 15 is 0 Å². The Hall–Kier alpha value is -1.47. The summed E-state index contributed by atoms with van der Waals surface area (Å²) >= 11 is 2.92. The highest BCUT2D eigenvalue weighted by atomic mass is 79.9. The van der Waals surface area contributed by atoms with Gasteiger partial charge in [-0.2, -0.15) is 13.2 Å². The molecule has 112 valence electrons. The molecular weight excluding hydrogens is 359 g/mol. The van der Waals surface area contributed by atoms with E-state index in [1.807, 2.05) is 0 Å². The van der Waals surface area contributed by atoms with Crippen LogP contribution in [0.15, 0.2) is 40.9 Å². The van der Waals surface area contributed by atoms with Gasteiger partial charge in [-0.1, -0.05) is 28.1 Å². The van der Waals surface area contributed by atoms with E-state index < -0.39 is 35.0 Å². The molecule has 0 heterocycles. The van der Waals surface area contributed by atoms with Crippen molar-refractivity contribution in [1.29, 1.82) is 0 Å². The molecule has 0 aliphatic carbocycles. The summed E-state index contributed by atoms with van der Waals surface area (Å²) in [6.07, 6.45) is -6.52. The Morgan fingerprint density at radius 2 is 1.52 bits per heavy atom. The van der Waals surface area contributed by atoms with Crippen LogP contribution in [0.4, 0.5) is 22.0 Å². The lowest BCUT2D eigenvalue weighted by Crippen LogP contribution is -2.13. The minimum absolute atomic E-state index is 0.00942. The molecule has 0 spiro atoms. The summed E-state index contributed by atoms with van der Waals surface area (Å²) in [4.78, 5) is 0. The lowest BCUT2D eigenvalue weighted by molar-refractivity contribution is -0.140. The Balaban J connectivity index is 2.55. The van der Waals surface area contributed by atoms with Gasteiger partial charge in [-0.3, -0.25) is 0 Å². The van der Waals surface area contributed by atoms with Crippen molar-refractivity contribution in [3.63, 3.8) is 0 Å². The van der Waals surface area contributed by atoms with Gasteiger partial charge in [-0.05, 0) is 29.8 Å². The van der Waals surface area contributed by atoms with Crippen molar-refractivity contribution in [2.45, 2.75) is 12.3 Å². The third kappa shape index (κ3) is 3.24. The van der Waals surface area contributed by atoms with E-state index in [-0.39, 0.29) is 10.0 Å². The van der Waals surface area contributed by atoms with Crippen molar-refractivity contribution < 1.29 is 27.1 Å². The van der Waals surface area contributed by atoms with E-state index in [0.29, 0.717) is 6.07 Å². The predicted molar refractivity (Wildman–Crippen MR) is 69.6 cm³/mol. The van der Waals surface area contributed by atoms with Gasteiger partial charge in [-0.15, -0.1) is 0 Å². The van der Waals surface area contributed by atoms with Gasteiger partial charge in [0.2, 0.25) is 0 Å². The molecule has 0 aliphatic heterocycles. The molecule has 1 nitrogen and oxygen atoms in total.